The summed E-state index contributed by atoms with van der Waals surface area (Å²) in [5.41, 5.74) is -1.12. The van der Waals surface area contributed by atoms with Gasteiger partial charge in [0.1, 0.15) is 23.3 Å². The van der Waals surface area contributed by atoms with Crippen LogP contribution in [-0.2, 0) is 27.1 Å². The van der Waals surface area contributed by atoms with E-state index in [0.29, 0.717) is 22.1 Å². The highest BCUT2D eigenvalue weighted by Gasteiger charge is 2.57. The number of imide groups is 1. The van der Waals surface area contributed by atoms with Crippen molar-refractivity contribution < 1.29 is 36.7 Å². The quantitative estimate of drug-likeness (QED) is 0.305. The molecule has 2 aliphatic rings. The molecule has 1 N–H and O–H groups in total. The zero-order chi connectivity index (χ0) is 29.8. The van der Waals surface area contributed by atoms with Crippen molar-refractivity contribution in [2.24, 2.45) is 5.92 Å². The Morgan fingerprint density at radius 1 is 1.02 bits per heavy atom. The molecule has 0 spiro atoms. The van der Waals surface area contributed by atoms with Crippen LogP contribution in [0.5, 0.6) is 5.75 Å². The third kappa shape index (κ3) is 4.69. The molecule has 216 valence electrons. The minimum absolute atomic E-state index is 0.282. The molecule has 6 rings (SSSR count). The molecule has 42 heavy (non-hydrogen) atoms. The van der Waals surface area contributed by atoms with E-state index in [4.69, 9.17) is 9.15 Å². The van der Waals surface area contributed by atoms with Crippen LogP contribution in [0.4, 0.5) is 24.5 Å². The van der Waals surface area contributed by atoms with E-state index in [1.165, 1.54) is 25.5 Å². The monoisotopic (exact) mass is 615 g/mol. The van der Waals surface area contributed by atoms with Crippen molar-refractivity contribution in [3.8, 4) is 5.75 Å². The second-order valence-corrected chi connectivity index (χ2v) is 11.6. The van der Waals surface area contributed by atoms with Gasteiger partial charge in [-0.3, -0.25) is 23.7 Å². The molecule has 3 atom stereocenters. The molecule has 1 saturated heterocycles. The number of thiazole rings is 1. The van der Waals surface area contributed by atoms with Gasteiger partial charge in [-0.25, -0.2) is 4.90 Å². The van der Waals surface area contributed by atoms with Gasteiger partial charge in [-0.05, 0) is 48.5 Å². The summed E-state index contributed by atoms with van der Waals surface area (Å²) in [7, 11) is 1.49. The second-order valence-electron chi connectivity index (χ2n) is 9.48. The number of amides is 3. The fourth-order valence-corrected chi connectivity index (χ4v) is 7.94. The molecule has 9 nitrogen and oxygen atoms in total. The number of para-hydroxylation sites is 1. The smallest absolute Gasteiger partial charge is 0.418 e. The minimum Gasteiger partial charge on any atom is -0.497 e. The third-order valence-electron chi connectivity index (χ3n) is 7.04. The number of hydrogen-bond acceptors (Lipinski definition) is 8. The van der Waals surface area contributed by atoms with Crippen molar-refractivity contribution >= 4 is 52.2 Å². The van der Waals surface area contributed by atoms with Crippen LogP contribution in [0.15, 0.2) is 81.2 Å². The van der Waals surface area contributed by atoms with E-state index in [1.807, 2.05) is 0 Å². The Morgan fingerprint density at radius 3 is 2.43 bits per heavy atom. The fourth-order valence-electron chi connectivity index (χ4n) is 5.19. The number of halogens is 3. The van der Waals surface area contributed by atoms with Crippen LogP contribution in [-0.4, -0.2) is 34.6 Å². The van der Waals surface area contributed by atoms with Crippen molar-refractivity contribution in [3.63, 3.8) is 0 Å². The molecule has 0 bridgehead atoms. The lowest BCUT2D eigenvalue weighted by molar-refractivity contribution is -0.137. The van der Waals surface area contributed by atoms with Gasteiger partial charge < -0.3 is 14.5 Å². The summed E-state index contributed by atoms with van der Waals surface area (Å²) >= 11 is 1.79. The van der Waals surface area contributed by atoms with Crippen LogP contribution in [0.2, 0.25) is 0 Å². The first-order valence-corrected chi connectivity index (χ1v) is 14.2. The van der Waals surface area contributed by atoms with E-state index in [-0.39, 0.29) is 5.03 Å². The number of carbonyl (C=O) groups excluding carboxylic acids is 3. The van der Waals surface area contributed by atoms with Crippen LogP contribution >= 0.6 is 23.1 Å². The zero-order valence-corrected chi connectivity index (χ0v) is 23.2. The Balaban J connectivity index is 1.36. The molecule has 3 amide bonds. The van der Waals surface area contributed by atoms with Gasteiger partial charge in [0.25, 0.3) is 0 Å². The van der Waals surface area contributed by atoms with Gasteiger partial charge in [-0.2, -0.15) is 13.2 Å². The minimum atomic E-state index is -4.70. The number of anilines is 2. The van der Waals surface area contributed by atoms with Gasteiger partial charge in [-0.1, -0.05) is 35.2 Å². The number of nitrogens with one attached hydrogen (secondary N) is 1. The summed E-state index contributed by atoms with van der Waals surface area (Å²) in [6, 6.07) is 14.2. The number of nitrogens with zero attached hydrogens (tertiary/aromatic N) is 2. The lowest BCUT2D eigenvalue weighted by Gasteiger charge is -2.29. The van der Waals surface area contributed by atoms with Gasteiger partial charge in [0.15, 0.2) is 0 Å². The Morgan fingerprint density at radius 2 is 1.76 bits per heavy atom. The SMILES string of the molecule is COc1ccc(N2C(=O)C3Sc4c(sc(=O)n4CC(=O)Nc4ccccc4C(F)(F)F)[C@H](c4ccco4)C3C2=O)cc1. The number of aromatic nitrogens is 1. The maximum Gasteiger partial charge on any atom is 0.418 e. The first-order chi connectivity index (χ1) is 20.1. The lowest BCUT2D eigenvalue weighted by Crippen LogP contribution is -2.32. The molecule has 4 aromatic rings. The summed E-state index contributed by atoms with van der Waals surface area (Å²) in [6.45, 7) is -0.601. The average Bonchev–Trinajstić information content (AvgIpc) is 3.66. The van der Waals surface area contributed by atoms with Crippen LogP contribution in [0.3, 0.4) is 0 Å². The van der Waals surface area contributed by atoms with E-state index >= 15 is 0 Å². The van der Waals surface area contributed by atoms with E-state index in [9.17, 15) is 32.3 Å². The molecule has 0 saturated carbocycles. The number of alkyl halides is 3. The molecule has 2 aliphatic heterocycles. The highest BCUT2D eigenvalue weighted by atomic mass is 32.2. The number of fused-ring (bicyclic) bond motifs is 2. The normalized spacial score (nSPS) is 19.9. The number of methoxy groups -OCH3 is 1. The van der Waals surface area contributed by atoms with Gasteiger partial charge in [0, 0.05) is 0 Å². The third-order valence-corrected chi connectivity index (χ3v) is 9.64. The molecular weight excluding hydrogens is 595 g/mol. The second kappa shape index (κ2) is 10.5. The van der Waals surface area contributed by atoms with E-state index in [1.54, 1.807) is 36.4 Å². The molecular formula is C28H20F3N3O6S2. The first-order valence-electron chi connectivity index (χ1n) is 12.5. The van der Waals surface area contributed by atoms with Crippen molar-refractivity contribution in [2.45, 2.75) is 28.9 Å². The van der Waals surface area contributed by atoms with Gasteiger partial charge in [0.05, 0.1) is 52.1 Å². The predicted octanol–water partition coefficient (Wildman–Crippen LogP) is 4.96. The maximum absolute atomic E-state index is 13.8. The van der Waals surface area contributed by atoms with Crippen LogP contribution in [0.1, 0.15) is 22.1 Å². The van der Waals surface area contributed by atoms with Crippen molar-refractivity contribution in [2.75, 3.05) is 17.3 Å². The van der Waals surface area contributed by atoms with Crippen LogP contribution in [0.25, 0.3) is 0 Å². The molecule has 2 aromatic heterocycles. The molecule has 0 radical (unpaired) electrons. The average molecular weight is 616 g/mol. The van der Waals surface area contributed by atoms with E-state index < -0.39 is 63.7 Å². The number of benzene rings is 2. The Kier molecular flexibility index (Phi) is 6.97. The van der Waals surface area contributed by atoms with Crippen molar-refractivity contribution in [3.05, 3.63) is 92.8 Å². The molecule has 2 unspecified atom stereocenters. The Labute approximate surface area is 243 Å². The highest BCUT2D eigenvalue weighted by Crippen LogP contribution is 2.54. The lowest BCUT2D eigenvalue weighted by atomic mass is 9.87. The number of rotatable bonds is 6. The Hall–Kier alpha value is -4.30. The fraction of sp³-hybridized carbons (Fsp3) is 0.214. The molecule has 0 aliphatic carbocycles. The maximum atomic E-state index is 13.8. The number of ether oxygens (including phenoxy) is 1. The van der Waals surface area contributed by atoms with Gasteiger partial charge in [-0.15, -0.1) is 0 Å². The largest absolute Gasteiger partial charge is 0.497 e. The van der Waals surface area contributed by atoms with Crippen molar-refractivity contribution in [1.82, 2.24) is 4.57 Å². The summed E-state index contributed by atoms with van der Waals surface area (Å²) in [6.07, 6.45) is -3.28. The summed E-state index contributed by atoms with van der Waals surface area (Å²) in [4.78, 5) is 54.5. The van der Waals surface area contributed by atoms with Gasteiger partial charge in [0.2, 0.25) is 17.7 Å². The molecule has 14 heteroatoms. The standard InChI is InChI=1S/C28H20F3N3O6S2/c1-39-15-10-8-14(9-11-15)34-24(36)21-20(18-7-4-12-40-18)23-26(41-22(21)25(34)37)33(27(38)42-23)13-19(35)32-17-6-3-2-5-16(17)28(29,30)31/h2-12,20-22H,13H2,1H3,(H,32,35)/t20-,21?,22?/m1/s1. The Bertz CT molecular complexity index is 1750. The number of carbonyl (C=O) groups is 3. The summed E-state index contributed by atoms with van der Waals surface area (Å²) in [5, 5.41) is 1.58. The molecule has 2 aromatic carbocycles. The topological polar surface area (TPSA) is 111 Å². The first kappa shape index (κ1) is 27.8. The predicted molar refractivity (Wildman–Crippen MR) is 148 cm³/mol. The summed E-state index contributed by atoms with van der Waals surface area (Å²) < 4.78 is 52.3. The molecule has 1 fully saturated rings. The van der Waals surface area contributed by atoms with E-state index in [0.717, 1.165) is 44.7 Å². The van der Waals surface area contributed by atoms with Gasteiger partial charge >= 0.3 is 11.0 Å². The van der Waals surface area contributed by atoms with Crippen molar-refractivity contribution in [1.29, 1.82) is 0 Å². The number of hydrogen-bond donors (Lipinski definition) is 1. The number of furan rings is 1. The highest BCUT2D eigenvalue weighted by molar-refractivity contribution is 8.00. The number of thioether (sulfide) groups is 1. The van der Waals surface area contributed by atoms with Crippen LogP contribution in [0, 0.1) is 5.92 Å². The summed E-state index contributed by atoms with van der Waals surface area (Å²) in [5.74, 6) is -2.63. The zero-order valence-electron chi connectivity index (χ0n) is 21.6. The van der Waals surface area contributed by atoms with Crippen LogP contribution < -0.4 is 19.8 Å². The van der Waals surface area contributed by atoms with E-state index in [2.05, 4.69) is 5.32 Å². The molecule has 4 heterocycles.